The van der Waals surface area contributed by atoms with Crippen molar-refractivity contribution >= 4 is 23.4 Å². The highest BCUT2D eigenvalue weighted by atomic mass is 35.5. The average Bonchev–Trinajstić information content (AvgIpc) is 2.75. The predicted octanol–water partition coefficient (Wildman–Crippen LogP) is 2.79. The van der Waals surface area contributed by atoms with Crippen LogP contribution in [0.2, 0.25) is 0 Å². The van der Waals surface area contributed by atoms with E-state index in [1.165, 1.54) is 0 Å². The van der Waals surface area contributed by atoms with Gasteiger partial charge in [-0.25, -0.2) is 0 Å². The number of carbonyl (C=O) groups is 2. The quantitative estimate of drug-likeness (QED) is 0.665. The van der Waals surface area contributed by atoms with E-state index in [0.29, 0.717) is 24.7 Å². The molecule has 0 aromatic heterocycles. The molecule has 0 radical (unpaired) electrons. The highest BCUT2D eigenvalue weighted by Gasteiger charge is 2.46. The van der Waals surface area contributed by atoms with Crippen LogP contribution in [0.25, 0.3) is 0 Å². The van der Waals surface area contributed by atoms with Gasteiger partial charge < -0.3 is 20.1 Å². The van der Waals surface area contributed by atoms with Crippen LogP contribution in [0.5, 0.6) is 11.5 Å². The molecule has 0 spiro atoms. The van der Waals surface area contributed by atoms with E-state index < -0.39 is 0 Å². The van der Waals surface area contributed by atoms with E-state index in [-0.39, 0.29) is 41.7 Å². The molecule has 2 N–H and O–H groups in total. The van der Waals surface area contributed by atoms with Crippen LogP contribution in [-0.4, -0.2) is 43.0 Å². The second-order valence-electron chi connectivity index (χ2n) is 7.93. The molecular weight excluding hydrogens is 404 g/mol. The van der Waals surface area contributed by atoms with Crippen molar-refractivity contribution in [2.24, 2.45) is 0 Å². The normalized spacial score (nSPS) is 24.4. The number of benzene rings is 2. The van der Waals surface area contributed by atoms with Gasteiger partial charge in [-0.2, -0.15) is 0 Å². The van der Waals surface area contributed by atoms with Gasteiger partial charge in [0.2, 0.25) is 11.8 Å². The number of halogens is 1. The summed E-state index contributed by atoms with van der Waals surface area (Å²) in [6.07, 6.45) is 1.46. The molecule has 0 saturated heterocycles. The van der Waals surface area contributed by atoms with Gasteiger partial charge in [0.15, 0.2) is 11.5 Å². The number of amides is 2. The van der Waals surface area contributed by atoms with Crippen molar-refractivity contribution in [3.05, 3.63) is 60.2 Å². The molecule has 2 aliphatic rings. The lowest BCUT2D eigenvalue weighted by molar-refractivity contribution is -0.125. The molecule has 1 saturated carbocycles. The van der Waals surface area contributed by atoms with Crippen molar-refractivity contribution < 1.29 is 19.1 Å². The van der Waals surface area contributed by atoms with Crippen molar-refractivity contribution in [1.82, 2.24) is 10.6 Å². The second-order valence-corrected chi connectivity index (χ2v) is 8.20. The molecule has 158 valence electrons. The van der Waals surface area contributed by atoms with Gasteiger partial charge in [-0.3, -0.25) is 9.59 Å². The first-order chi connectivity index (χ1) is 14.6. The lowest BCUT2D eigenvalue weighted by atomic mass is 9.61. The maximum absolute atomic E-state index is 12.6. The molecule has 2 aromatic carbocycles. The van der Waals surface area contributed by atoms with E-state index in [4.69, 9.17) is 21.1 Å². The third-order valence-electron chi connectivity index (χ3n) is 5.75. The van der Waals surface area contributed by atoms with E-state index in [1.54, 1.807) is 0 Å². The van der Waals surface area contributed by atoms with Crippen molar-refractivity contribution in [3.63, 3.8) is 0 Å². The summed E-state index contributed by atoms with van der Waals surface area (Å²) < 4.78 is 11.6. The topological polar surface area (TPSA) is 76.7 Å². The fourth-order valence-electron chi connectivity index (χ4n) is 4.23. The number of hydrogen-bond donors (Lipinski definition) is 2. The van der Waals surface area contributed by atoms with Crippen LogP contribution in [0.3, 0.4) is 0 Å². The van der Waals surface area contributed by atoms with Crippen molar-refractivity contribution in [3.8, 4) is 11.5 Å². The molecular formula is C23H25ClN2O4. The standard InChI is InChI=1S/C23H25ClN2O4/c24-13-22(28)25-15-23(16-6-2-1-3-7-16)11-17(12-23)26-21(27)10-18-14-29-19-8-4-5-9-20(19)30-18/h1-9,17-18H,10-15H2,(H,25,28)(H,26,27). The number of hydrogen-bond acceptors (Lipinski definition) is 4. The highest BCUT2D eigenvalue weighted by molar-refractivity contribution is 6.27. The van der Waals surface area contributed by atoms with Gasteiger partial charge in [-0.05, 0) is 30.5 Å². The molecule has 1 unspecified atom stereocenters. The van der Waals surface area contributed by atoms with Crippen molar-refractivity contribution in [2.75, 3.05) is 19.0 Å². The molecule has 1 fully saturated rings. The summed E-state index contributed by atoms with van der Waals surface area (Å²) in [4.78, 5) is 24.2. The van der Waals surface area contributed by atoms with Crippen LogP contribution in [0.15, 0.2) is 54.6 Å². The average molecular weight is 429 g/mol. The SMILES string of the molecule is O=C(CCl)NCC1(c2ccccc2)CC(NC(=O)CC2COc3ccccc3O2)C1. The molecule has 0 bridgehead atoms. The number of nitrogens with one attached hydrogen (secondary N) is 2. The summed E-state index contributed by atoms with van der Waals surface area (Å²) in [6.45, 7) is 0.860. The lowest BCUT2D eigenvalue weighted by Gasteiger charge is -2.48. The number of alkyl halides is 1. The number of ether oxygens (including phenoxy) is 2. The molecule has 1 heterocycles. The first kappa shape index (κ1) is 20.5. The van der Waals surface area contributed by atoms with Crippen LogP contribution < -0.4 is 20.1 Å². The molecule has 1 aliphatic carbocycles. The Kier molecular flexibility index (Phi) is 6.13. The van der Waals surface area contributed by atoms with Crippen LogP contribution >= 0.6 is 11.6 Å². The van der Waals surface area contributed by atoms with Gasteiger partial charge in [0.25, 0.3) is 0 Å². The maximum atomic E-state index is 12.6. The van der Waals surface area contributed by atoms with Crippen LogP contribution in [-0.2, 0) is 15.0 Å². The molecule has 1 atom stereocenters. The molecule has 7 heteroatoms. The van der Waals surface area contributed by atoms with E-state index >= 15 is 0 Å². The minimum Gasteiger partial charge on any atom is -0.486 e. The van der Waals surface area contributed by atoms with Crippen LogP contribution in [0, 0.1) is 0 Å². The Hall–Kier alpha value is -2.73. The molecule has 1 aliphatic heterocycles. The Morgan fingerprint density at radius 1 is 1.00 bits per heavy atom. The fourth-order valence-corrected chi connectivity index (χ4v) is 4.33. The maximum Gasteiger partial charge on any atom is 0.234 e. The zero-order valence-electron chi connectivity index (χ0n) is 16.6. The minimum absolute atomic E-state index is 0.0561. The summed E-state index contributed by atoms with van der Waals surface area (Å²) >= 11 is 5.62. The van der Waals surface area contributed by atoms with Crippen molar-refractivity contribution in [1.29, 1.82) is 0 Å². The Bertz CT molecular complexity index is 899. The molecule has 2 aromatic rings. The van der Waals surface area contributed by atoms with Crippen LogP contribution in [0.4, 0.5) is 0 Å². The number of fused-ring (bicyclic) bond motifs is 1. The Morgan fingerprint density at radius 2 is 1.70 bits per heavy atom. The van der Waals surface area contributed by atoms with Gasteiger partial charge in [0.1, 0.15) is 18.6 Å². The van der Waals surface area contributed by atoms with E-state index in [9.17, 15) is 9.59 Å². The van der Waals surface area contributed by atoms with Crippen molar-refractivity contribution in [2.45, 2.75) is 36.8 Å². The second kappa shape index (κ2) is 8.96. The van der Waals surface area contributed by atoms with Gasteiger partial charge in [-0.15, -0.1) is 11.6 Å². The summed E-state index contributed by atoms with van der Waals surface area (Å²) in [7, 11) is 0. The minimum atomic E-state index is -0.304. The number of para-hydroxylation sites is 2. The lowest BCUT2D eigenvalue weighted by Crippen LogP contribution is -2.58. The van der Waals surface area contributed by atoms with Gasteiger partial charge >= 0.3 is 0 Å². The molecule has 30 heavy (non-hydrogen) atoms. The summed E-state index contributed by atoms with van der Waals surface area (Å²) in [5.74, 6) is 1.08. The third kappa shape index (κ3) is 4.54. The van der Waals surface area contributed by atoms with Gasteiger partial charge in [0, 0.05) is 18.0 Å². The van der Waals surface area contributed by atoms with Gasteiger partial charge in [-0.1, -0.05) is 42.5 Å². The Labute approximate surface area is 180 Å². The number of rotatable bonds is 7. The molecule has 2 amide bonds. The zero-order chi connectivity index (χ0) is 21.0. The summed E-state index contributed by atoms with van der Waals surface area (Å²) in [5.41, 5.74) is 0.968. The van der Waals surface area contributed by atoms with E-state index in [1.807, 2.05) is 42.5 Å². The monoisotopic (exact) mass is 428 g/mol. The van der Waals surface area contributed by atoms with E-state index in [0.717, 1.165) is 18.4 Å². The smallest absolute Gasteiger partial charge is 0.234 e. The Morgan fingerprint density at radius 3 is 2.43 bits per heavy atom. The number of carbonyl (C=O) groups excluding carboxylic acids is 2. The first-order valence-corrected chi connectivity index (χ1v) is 10.7. The highest BCUT2D eigenvalue weighted by Crippen LogP contribution is 2.43. The van der Waals surface area contributed by atoms with Crippen LogP contribution in [0.1, 0.15) is 24.8 Å². The largest absolute Gasteiger partial charge is 0.486 e. The van der Waals surface area contributed by atoms with Gasteiger partial charge in [0.05, 0.1) is 6.42 Å². The summed E-state index contributed by atoms with van der Waals surface area (Å²) in [6, 6.07) is 17.6. The fraction of sp³-hybridized carbons (Fsp3) is 0.391. The summed E-state index contributed by atoms with van der Waals surface area (Å²) in [5, 5.41) is 6.00. The first-order valence-electron chi connectivity index (χ1n) is 10.1. The molecule has 4 rings (SSSR count). The third-order valence-corrected chi connectivity index (χ3v) is 5.99. The zero-order valence-corrected chi connectivity index (χ0v) is 17.4. The predicted molar refractivity (Wildman–Crippen MR) is 114 cm³/mol. The van der Waals surface area contributed by atoms with E-state index in [2.05, 4.69) is 22.8 Å². The Balaban J connectivity index is 1.31. The molecule has 6 nitrogen and oxygen atoms in total.